The van der Waals surface area contributed by atoms with Crippen molar-refractivity contribution in [1.29, 1.82) is 0 Å². The van der Waals surface area contributed by atoms with E-state index in [0.29, 0.717) is 5.92 Å². The van der Waals surface area contributed by atoms with Gasteiger partial charge in [0.1, 0.15) is 0 Å². The topological polar surface area (TPSA) is 40.5 Å². The first-order chi connectivity index (χ1) is 8.25. The van der Waals surface area contributed by atoms with Crippen LogP contribution in [0.4, 0.5) is 0 Å². The second-order valence-corrected chi connectivity index (χ2v) is 4.54. The van der Waals surface area contributed by atoms with Crippen LogP contribution in [-0.2, 0) is 6.42 Å². The average Bonchev–Trinajstić information content (AvgIpc) is 2.76. The number of aryl methyl sites for hydroxylation is 1. The van der Waals surface area contributed by atoms with Crippen LogP contribution < -0.4 is 0 Å². The Morgan fingerprint density at radius 2 is 1.76 bits per heavy atom. The molecule has 0 bridgehead atoms. The molecule has 86 valence electrons. The molecule has 0 amide bonds. The molecule has 2 N–H and O–H groups in total. The van der Waals surface area contributed by atoms with Crippen LogP contribution in [0.5, 0.6) is 11.5 Å². The minimum Gasteiger partial charge on any atom is -0.504 e. The van der Waals surface area contributed by atoms with Crippen LogP contribution in [0.15, 0.2) is 42.5 Å². The third kappa shape index (κ3) is 1.66. The molecule has 2 nitrogen and oxygen atoms in total. The number of aromatic hydroxyl groups is 2. The molecule has 1 atom stereocenters. The number of phenolic OH excluding ortho intramolecular Hbond substituents is 2. The zero-order valence-electron chi connectivity index (χ0n) is 9.43. The highest BCUT2D eigenvalue weighted by Gasteiger charge is 2.23. The van der Waals surface area contributed by atoms with Crippen LogP contribution in [0.2, 0.25) is 0 Å². The summed E-state index contributed by atoms with van der Waals surface area (Å²) in [6, 6.07) is 13.6. The summed E-state index contributed by atoms with van der Waals surface area (Å²) in [5.74, 6) is 0.254. The lowest BCUT2D eigenvalue weighted by atomic mass is 9.93. The molecule has 0 heterocycles. The van der Waals surface area contributed by atoms with E-state index in [1.165, 1.54) is 11.1 Å². The van der Waals surface area contributed by atoms with Crippen molar-refractivity contribution in [2.24, 2.45) is 0 Å². The Kier molecular flexibility index (Phi) is 2.29. The minimum atomic E-state index is -0.0555. The van der Waals surface area contributed by atoms with Crippen molar-refractivity contribution in [2.45, 2.75) is 18.8 Å². The van der Waals surface area contributed by atoms with Gasteiger partial charge in [-0.2, -0.15) is 0 Å². The lowest BCUT2D eigenvalue weighted by Crippen LogP contribution is -1.95. The average molecular weight is 226 g/mol. The van der Waals surface area contributed by atoms with Crippen molar-refractivity contribution in [1.82, 2.24) is 0 Å². The maximum Gasteiger partial charge on any atom is 0.157 e. The number of hydrogen-bond acceptors (Lipinski definition) is 2. The third-order valence-electron chi connectivity index (χ3n) is 3.53. The van der Waals surface area contributed by atoms with Crippen molar-refractivity contribution in [3.8, 4) is 11.5 Å². The first-order valence-corrected chi connectivity index (χ1v) is 5.85. The molecule has 1 aliphatic carbocycles. The van der Waals surface area contributed by atoms with E-state index in [9.17, 15) is 10.2 Å². The highest BCUT2D eigenvalue weighted by Crippen LogP contribution is 2.40. The number of benzene rings is 2. The molecule has 0 saturated carbocycles. The van der Waals surface area contributed by atoms with Crippen molar-refractivity contribution in [3.05, 3.63) is 59.2 Å². The van der Waals surface area contributed by atoms with Crippen molar-refractivity contribution >= 4 is 0 Å². The van der Waals surface area contributed by atoms with Gasteiger partial charge in [0.15, 0.2) is 11.5 Å². The van der Waals surface area contributed by atoms with Gasteiger partial charge in [-0.1, -0.05) is 30.3 Å². The molecule has 0 spiro atoms. The summed E-state index contributed by atoms with van der Waals surface area (Å²) in [5, 5.41) is 18.9. The van der Waals surface area contributed by atoms with Crippen LogP contribution >= 0.6 is 0 Å². The molecule has 2 heteroatoms. The second kappa shape index (κ2) is 3.81. The Morgan fingerprint density at radius 3 is 2.59 bits per heavy atom. The van der Waals surface area contributed by atoms with Gasteiger partial charge in [0.05, 0.1) is 0 Å². The van der Waals surface area contributed by atoms with Gasteiger partial charge >= 0.3 is 0 Å². The first kappa shape index (κ1) is 10.2. The fourth-order valence-corrected chi connectivity index (χ4v) is 2.66. The van der Waals surface area contributed by atoms with Gasteiger partial charge in [-0.15, -0.1) is 0 Å². The van der Waals surface area contributed by atoms with Crippen LogP contribution in [0.1, 0.15) is 29.0 Å². The molecule has 1 aliphatic rings. The molecule has 0 unspecified atom stereocenters. The zero-order valence-corrected chi connectivity index (χ0v) is 9.43. The molecule has 17 heavy (non-hydrogen) atoms. The Hall–Kier alpha value is -1.96. The van der Waals surface area contributed by atoms with Gasteiger partial charge in [0.2, 0.25) is 0 Å². The van der Waals surface area contributed by atoms with E-state index in [1.54, 1.807) is 12.1 Å². The largest absolute Gasteiger partial charge is 0.504 e. The van der Waals surface area contributed by atoms with Crippen LogP contribution in [0.3, 0.4) is 0 Å². The van der Waals surface area contributed by atoms with E-state index in [-0.39, 0.29) is 11.5 Å². The Morgan fingerprint density at radius 1 is 0.941 bits per heavy atom. The molecular formula is C15H14O2. The molecule has 0 fully saturated rings. The van der Waals surface area contributed by atoms with E-state index in [2.05, 4.69) is 24.3 Å². The maximum atomic E-state index is 9.56. The van der Waals surface area contributed by atoms with Gasteiger partial charge in [0, 0.05) is 5.92 Å². The second-order valence-electron chi connectivity index (χ2n) is 4.54. The number of phenols is 2. The van der Waals surface area contributed by atoms with Crippen LogP contribution in [0, 0.1) is 0 Å². The lowest BCUT2D eigenvalue weighted by Gasteiger charge is -2.12. The van der Waals surface area contributed by atoms with E-state index in [1.807, 2.05) is 6.07 Å². The number of hydrogen-bond donors (Lipinski definition) is 2. The Bertz CT molecular complexity index is 561. The third-order valence-corrected chi connectivity index (χ3v) is 3.53. The summed E-state index contributed by atoms with van der Waals surface area (Å²) in [6.45, 7) is 0. The highest BCUT2D eigenvalue weighted by molar-refractivity contribution is 5.47. The summed E-state index contributed by atoms with van der Waals surface area (Å²) in [4.78, 5) is 0. The monoisotopic (exact) mass is 226 g/mol. The zero-order chi connectivity index (χ0) is 11.8. The number of rotatable bonds is 1. The normalized spacial score (nSPS) is 18.0. The smallest absolute Gasteiger partial charge is 0.157 e. The standard InChI is InChI=1S/C15H14O2/c16-14-8-6-11(9-15(14)17)13-7-5-10-3-1-2-4-12(10)13/h1-4,6,8-9,13,16-17H,5,7H2/t13-/m1/s1. The molecule has 0 aliphatic heterocycles. The van der Waals surface area contributed by atoms with Crippen molar-refractivity contribution in [2.75, 3.05) is 0 Å². The van der Waals surface area contributed by atoms with Gasteiger partial charge in [0.25, 0.3) is 0 Å². The Balaban J connectivity index is 2.04. The predicted molar refractivity (Wildman–Crippen MR) is 66.4 cm³/mol. The highest BCUT2D eigenvalue weighted by atomic mass is 16.3. The molecule has 2 aromatic carbocycles. The quantitative estimate of drug-likeness (QED) is 0.733. The van der Waals surface area contributed by atoms with E-state index >= 15 is 0 Å². The number of fused-ring (bicyclic) bond motifs is 1. The fourth-order valence-electron chi connectivity index (χ4n) is 2.66. The SMILES string of the molecule is Oc1ccc([C@H]2CCc3ccccc32)cc1O. The minimum absolute atomic E-state index is 0.0353. The summed E-state index contributed by atoms with van der Waals surface area (Å²) in [5.41, 5.74) is 3.81. The molecular weight excluding hydrogens is 212 g/mol. The van der Waals surface area contributed by atoms with Gasteiger partial charge < -0.3 is 10.2 Å². The fraction of sp³-hybridized carbons (Fsp3) is 0.200. The summed E-state index contributed by atoms with van der Waals surface area (Å²) < 4.78 is 0. The van der Waals surface area contributed by atoms with Gasteiger partial charge in [-0.25, -0.2) is 0 Å². The van der Waals surface area contributed by atoms with E-state index < -0.39 is 0 Å². The maximum absolute atomic E-state index is 9.56. The molecule has 0 saturated heterocycles. The van der Waals surface area contributed by atoms with E-state index in [0.717, 1.165) is 18.4 Å². The predicted octanol–water partition coefficient (Wildman–Crippen LogP) is 3.18. The summed E-state index contributed by atoms with van der Waals surface area (Å²) in [7, 11) is 0. The summed E-state index contributed by atoms with van der Waals surface area (Å²) in [6.07, 6.45) is 2.16. The van der Waals surface area contributed by atoms with E-state index in [4.69, 9.17) is 0 Å². The van der Waals surface area contributed by atoms with Crippen molar-refractivity contribution in [3.63, 3.8) is 0 Å². The first-order valence-electron chi connectivity index (χ1n) is 5.85. The van der Waals surface area contributed by atoms with Gasteiger partial charge in [-0.05, 0) is 41.7 Å². The molecule has 3 rings (SSSR count). The van der Waals surface area contributed by atoms with Crippen molar-refractivity contribution < 1.29 is 10.2 Å². The van der Waals surface area contributed by atoms with Gasteiger partial charge in [-0.3, -0.25) is 0 Å². The molecule has 2 aromatic rings. The van der Waals surface area contributed by atoms with Crippen LogP contribution in [-0.4, -0.2) is 10.2 Å². The van der Waals surface area contributed by atoms with Crippen LogP contribution in [0.25, 0.3) is 0 Å². The Labute approximate surface area is 100 Å². The molecule has 0 aromatic heterocycles. The summed E-state index contributed by atoms with van der Waals surface area (Å²) >= 11 is 0. The lowest BCUT2D eigenvalue weighted by molar-refractivity contribution is 0.403. The molecule has 0 radical (unpaired) electrons.